The van der Waals surface area contributed by atoms with E-state index in [-0.39, 0.29) is 11.6 Å². The van der Waals surface area contributed by atoms with E-state index in [0.717, 1.165) is 22.2 Å². The Morgan fingerprint density at radius 3 is 2.47 bits per heavy atom. The van der Waals surface area contributed by atoms with Crippen LogP contribution in [0.2, 0.25) is 0 Å². The Bertz CT molecular complexity index is 1250. The first-order valence-electron chi connectivity index (χ1n) is 9.33. The molecule has 0 aliphatic heterocycles. The van der Waals surface area contributed by atoms with Crippen LogP contribution in [0, 0.1) is 5.41 Å². The minimum atomic E-state index is -1.09. The van der Waals surface area contributed by atoms with Crippen molar-refractivity contribution in [3.8, 4) is 16.4 Å². The molecule has 30 heavy (non-hydrogen) atoms. The smallest absolute Gasteiger partial charge is 0.355 e. The third kappa shape index (κ3) is 3.69. The molecule has 0 fully saturated rings. The van der Waals surface area contributed by atoms with Gasteiger partial charge in [-0.15, -0.1) is 11.3 Å². The van der Waals surface area contributed by atoms with Gasteiger partial charge in [-0.25, -0.2) is 14.5 Å². The predicted octanol–water partition coefficient (Wildman–Crippen LogP) is 4.83. The molecule has 0 bridgehead atoms. The summed E-state index contributed by atoms with van der Waals surface area (Å²) in [5.41, 5.74) is 2.49. The number of thiazole rings is 1. The van der Waals surface area contributed by atoms with Gasteiger partial charge < -0.3 is 10.4 Å². The minimum absolute atomic E-state index is 0.0305. The molecule has 152 valence electrons. The Hall–Kier alpha value is -3.52. The summed E-state index contributed by atoms with van der Waals surface area (Å²) >= 11 is 1.20. The highest BCUT2D eigenvalue weighted by Crippen LogP contribution is 2.32. The molecule has 1 amide bonds. The van der Waals surface area contributed by atoms with Gasteiger partial charge in [0.05, 0.1) is 5.52 Å². The second kappa shape index (κ2) is 7.38. The van der Waals surface area contributed by atoms with E-state index in [0.29, 0.717) is 10.8 Å². The number of aromatic nitrogens is 3. The van der Waals surface area contributed by atoms with Gasteiger partial charge in [-0.05, 0) is 18.2 Å². The first kappa shape index (κ1) is 19.8. The zero-order valence-electron chi connectivity index (χ0n) is 16.7. The molecular weight excluding hydrogens is 400 g/mol. The number of carboxylic acids is 1. The second-order valence-electron chi connectivity index (χ2n) is 7.88. The quantitative estimate of drug-likeness (QED) is 0.493. The molecule has 2 aromatic heterocycles. The highest BCUT2D eigenvalue weighted by Gasteiger charge is 2.22. The number of rotatable bonds is 4. The van der Waals surface area contributed by atoms with Crippen molar-refractivity contribution >= 4 is 39.8 Å². The summed E-state index contributed by atoms with van der Waals surface area (Å²) in [4.78, 5) is 27.9. The fraction of sp³-hybridized carbons (Fsp3) is 0.182. The number of nitrogens with one attached hydrogen (secondary N) is 1. The SMILES string of the molecule is CC(C)(C)C(=O)Nc1ccc2c(-c3ccccc3)nn(-c3nc(C(=O)O)cs3)c2c1. The van der Waals surface area contributed by atoms with Crippen molar-refractivity contribution in [1.29, 1.82) is 0 Å². The number of amides is 1. The summed E-state index contributed by atoms with van der Waals surface area (Å²) in [6.07, 6.45) is 0. The van der Waals surface area contributed by atoms with Gasteiger partial charge in [-0.2, -0.15) is 5.10 Å². The van der Waals surface area contributed by atoms with E-state index < -0.39 is 11.4 Å². The zero-order valence-corrected chi connectivity index (χ0v) is 17.5. The van der Waals surface area contributed by atoms with Gasteiger partial charge in [-0.3, -0.25) is 4.79 Å². The van der Waals surface area contributed by atoms with E-state index in [9.17, 15) is 14.7 Å². The number of carbonyl (C=O) groups excluding carboxylic acids is 1. The maximum Gasteiger partial charge on any atom is 0.355 e. The fourth-order valence-electron chi connectivity index (χ4n) is 2.93. The molecule has 2 heterocycles. The van der Waals surface area contributed by atoms with Crippen LogP contribution in [-0.2, 0) is 4.79 Å². The van der Waals surface area contributed by atoms with Crippen LogP contribution < -0.4 is 5.32 Å². The van der Waals surface area contributed by atoms with Gasteiger partial charge in [0, 0.05) is 27.4 Å². The van der Waals surface area contributed by atoms with Crippen molar-refractivity contribution in [1.82, 2.24) is 14.8 Å². The van der Waals surface area contributed by atoms with E-state index >= 15 is 0 Å². The number of fused-ring (bicyclic) bond motifs is 1. The van der Waals surface area contributed by atoms with Gasteiger partial charge in [0.1, 0.15) is 5.69 Å². The number of carbonyl (C=O) groups is 2. The summed E-state index contributed by atoms with van der Waals surface area (Å²) in [6.45, 7) is 5.55. The molecule has 2 aromatic carbocycles. The Kier molecular flexibility index (Phi) is 4.87. The number of hydrogen-bond acceptors (Lipinski definition) is 5. The van der Waals surface area contributed by atoms with E-state index in [2.05, 4.69) is 10.3 Å². The van der Waals surface area contributed by atoms with Crippen LogP contribution in [-0.4, -0.2) is 31.7 Å². The van der Waals surface area contributed by atoms with E-state index in [4.69, 9.17) is 5.10 Å². The topological polar surface area (TPSA) is 97.1 Å². The molecule has 7 nitrogen and oxygen atoms in total. The number of benzene rings is 2. The fourth-order valence-corrected chi connectivity index (χ4v) is 3.69. The number of anilines is 1. The number of nitrogens with zero attached hydrogens (tertiary/aromatic N) is 3. The molecular formula is C22H20N4O3S. The first-order valence-corrected chi connectivity index (χ1v) is 10.2. The van der Waals surface area contributed by atoms with Crippen LogP contribution in [0.4, 0.5) is 5.69 Å². The van der Waals surface area contributed by atoms with Crippen LogP contribution in [0.25, 0.3) is 27.3 Å². The molecule has 0 saturated heterocycles. The molecule has 0 spiro atoms. The highest BCUT2D eigenvalue weighted by molar-refractivity contribution is 7.12. The summed E-state index contributed by atoms with van der Waals surface area (Å²) in [5.74, 6) is -1.19. The predicted molar refractivity (Wildman–Crippen MR) is 117 cm³/mol. The van der Waals surface area contributed by atoms with Gasteiger partial charge in [0.2, 0.25) is 11.0 Å². The van der Waals surface area contributed by atoms with E-state index in [1.165, 1.54) is 16.7 Å². The Morgan fingerprint density at radius 2 is 1.83 bits per heavy atom. The average molecular weight is 420 g/mol. The van der Waals surface area contributed by atoms with Crippen molar-refractivity contribution < 1.29 is 14.7 Å². The van der Waals surface area contributed by atoms with E-state index in [1.807, 2.05) is 69.3 Å². The summed E-state index contributed by atoms with van der Waals surface area (Å²) < 4.78 is 1.63. The van der Waals surface area contributed by atoms with Crippen molar-refractivity contribution in [3.05, 3.63) is 59.6 Å². The van der Waals surface area contributed by atoms with Gasteiger partial charge in [0.25, 0.3) is 0 Å². The van der Waals surface area contributed by atoms with Crippen molar-refractivity contribution in [2.75, 3.05) is 5.32 Å². The summed E-state index contributed by atoms with van der Waals surface area (Å²) in [6, 6.07) is 15.3. The van der Waals surface area contributed by atoms with Gasteiger partial charge >= 0.3 is 5.97 Å². The first-order chi connectivity index (χ1) is 14.2. The molecule has 2 N–H and O–H groups in total. The molecule has 4 aromatic rings. The molecule has 0 radical (unpaired) electrons. The molecule has 4 rings (SSSR count). The van der Waals surface area contributed by atoms with Gasteiger partial charge in [0.15, 0.2) is 5.69 Å². The lowest BCUT2D eigenvalue weighted by atomic mass is 9.95. The van der Waals surface area contributed by atoms with Crippen molar-refractivity contribution in [3.63, 3.8) is 0 Å². The lowest BCUT2D eigenvalue weighted by Gasteiger charge is -2.17. The van der Waals surface area contributed by atoms with Crippen molar-refractivity contribution in [2.24, 2.45) is 5.41 Å². The average Bonchev–Trinajstić information content (AvgIpc) is 3.32. The van der Waals surface area contributed by atoms with Crippen LogP contribution in [0.5, 0.6) is 0 Å². The molecule has 0 saturated carbocycles. The highest BCUT2D eigenvalue weighted by atomic mass is 32.1. The number of carboxylic acid groups (broad SMARTS) is 1. The molecule has 0 aliphatic rings. The molecule has 0 unspecified atom stereocenters. The summed E-state index contributed by atoms with van der Waals surface area (Å²) in [5, 5.41) is 19.7. The Labute approximate surface area is 177 Å². The largest absolute Gasteiger partial charge is 0.476 e. The normalized spacial score (nSPS) is 11.6. The molecule has 8 heteroatoms. The number of aromatic carboxylic acids is 1. The third-order valence-electron chi connectivity index (χ3n) is 4.56. The monoisotopic (exact) mass is 420 g/mol. The Morgan fingerprint density at radius 1 is 1.10 bits per heavy atom. The maximum atomic E-state index is 12.4. The van der Waals surface area contributed by atoms with E-state index in [1.54, 1.807) is 4.68 Å². The van der Waals surface area contributed by atoms with Crippen LogP contribution >= 0.6 is 11.3 Å². The van der Waals surface area contributed by atoms with Crippen LogP contribution in [0.3, 0.4) is 0 Å². The van der Waals surface area contributed by atoms with Crippen molar-refractivity contribution in [2.45, 2.75) is 20.8 Å². The zero-order chi connectivity index (χ0) is 21.5. The van der Waals surface area contributed by atoms with Crippen LogP contribution in [0.15, 0.2) is 53.9 Å². The maximum absolute atomic E-state index is 12.4. The standard InChI is InChI=1S/C22H20N4O3S/c1-22(2,3)20(29)23-14-9-10-15-17(11-14)26(21-24-16(12-30-21)19(27)28)25-18(15)13-7-5-4-6-8-13/h4-12H,1-3H3,(H,23,29)(H,27,28). The minimum Gasteiger partial charge on any atom is -0.476 e. The lowest BCUT2D eigenvalue weighted by Crippen LogP contribution is -2.27. The molecule has 0 atom stereocenters. The summed E-state index contributed by atoms with van der Waals surface area (Å²) in [7, 11) is 0. The lowest BCUT2D eigenvalue weighted by molar-refractivity contribution is -0.123. The number of hydrogen-bond donors (Lipinski definition) is 2. The second-order valence-corrected chi connectivity index (χ2v) is 8.72. The molecule has 0 aliphatic carbocycles. The third-order valence-corrected chi connectivity index (χ3v) is 5.38. The van der Waals surface area contributed by atoms with Gasteiger partial charge in [-0.1, -0.05) is 51.1 Å². The van der Waals surface area contributed by atoms with Crippen LogP contribution in [0.1, 0.15) is 31.3 Å². The Balaban J connectivity index is 1.88.